The number of hydrogen-bond acceptors (Lipinski definition) is 2. The summed E-state index contributed by atoms with van der Waals surface area (Å²) in [6.07, 6.45) is 2.94. The van der Waals surface area contributed by atoms with Crippen LogP contribution in [0.2, 0.25) is 0 Å². The second kappa shape index (κ2) is 5.48. The number of piperidine rings is 1. The van der Waals surface area contributed by atoms with Crippen molar-refractivity contribution in [2.75, 3.05) is 6.54 Å². The number of benzene rings is 1. The summed E-state index contributed by atoms with van der Waals surface area (Å²) in [7, 11) is 0. The minimum atomic E-state index is -0.462. The first-order chi connectivity index (χ1) is 8.61. The monoisotopic (exact) mass is 250 g/mol. The van der Waals surface area contributed by atoms with Crippen molar-refractivity contribution in [3.63, 3.8) is 0 Å². The van der Waals surface area contributed by atoms with E-state index in [0.717, 1.165) is 19.3 Å². The smallest absolute Gasteiger partial charge is 0.257 e. The Bertz CT molecular complexity index is 434. The third kappa shape index (κ3) is 2.53. The number of nitrogens with two attached hydrogens (primary N) is 1. The highest BCUT2D eigenvalue weighted by atomic mass is 19.1. The van der Waals surface area contributed by atoms with Gasteiger partial charge in [-0.25, -0.2) is 4.39 Å². The molecule has 1 saturated heterocycles. The zero-order valence-electron chi connectivity index (χ0n) is 10.6. The van der Waals surface area contributed by atoms with Crippen LogP contribution in [0.1, 0.15) is 36.5 Å². The van der Waals surface area contributed by atoms with Crippen LogP contribution in [0.15, 0.2) is 24.3 Å². The van der Waals surface area contributed by atoms with Gasteiger partial charge in [0.15, 0.2) is 0 Å². The minimum absolute atomic E-state index is 0.0193. The van der Waals surface area contributed by atoms with Crippen LogP contribution in [0.5, 0.6) is 0 Å². The van der Waals surface area contributed by atoms with Crippen molar-refractivity contribution in [3.05, 3.63) is 35.6 Å². The van der Waals surface area contributed by atoms with Crippen molar-refractivity contribution in [2.24, 2.45) is 5.73 Å². The normalized spacial score (nSPS) is 21.7. The Kier molecular flexibility index (Phi) is 3.97. The summed E-state index contributed by atoms with van der Waals surface area (Å²) in [6.45, 7) is 2.57. The van der Waals surface area contributed by atoms with Crippen molar-refractivity contribution in [2.45, 2.75) is 38.3 Å². The average molecular weight is 250 g/mol. The first-order valence-electron chi connectivity index (χ1n) is 6.42. The molecule has 1 fully saturated rings. The van der Waals surface area contributed by atoms with Gasteiger partial charge in [0.05, 0.1) is 5.56 Å². The maximum Gasteiger partial charge on any atom is 0.257 e. The van der Waals surface area contributed by atoms with Crippen molar-refractivity contribution < 1.29 is 9.18 Å². The van der Waals surface area contributed by atoms with Crippen LogP contribution >= 0.6 is 0 Å². The van der Waals surface area contributed by atoms with Crippen LogP contribution in [-0.4, -0.2) is 29.4 Å². The molecule has 1 aliphatic rings. The molecule has 4 heteroatoms. The van der Waals surface area contributed by atoms with E-state index in [4.69, 9.17) is 5.73 Å². The van der Waals surface area contributed by atoms with Crippen molar-refractivity contribution >= 4 is 5.91 Å². The number of nitrogens with zero attached hydrogens (tertiary/aromatic N) is 1. The van der Waals surface area contributed by atoms with E-state index in [1.54, 1.807) is 17.0 Å². The Morgan fingerprint density at radius 1 is 1.44 bits per heavy atom. The van der Waals surface area contributed by atoms with Crippen LogP contribution in [0.3, 0.4) is 0 Å². The van der Waals surface area contributed by atoms with E-state index in [1.165, 1.54) is 12.1 Å². The lowest BCUT2D eigenvalue weighted by atomic mass is 9.96. The zero-order chi connectivity index (χ0) is 13.1. The molecule has 1 heterocycles. The van der Waals surface area contributed by atoms with E-state index in [1.807, 2.05) is 6.92 Å². The molecule has 2 rings (SSSR count). The molecular formula is C14H19FN2O. The van der Waals surface area contributed by atoms with Gasteiger partial charge in [0.25, 0.3) is 5.91 Å². The molecule has 0 aromatic heterocycles. The summed E-state index contributed by atoms with van der Waals surface area (Å²) in [5.74, 6) is -0.702. The van der Waals surface area contributed by atoms with Crippen molar-refractivity contribution in [1.82, 2.24) is 4.90 Å². The van der Waals surface area contributed by atoms with Gasteiger partial charge in [-0.05, 0) is 38.3 Å². The van der Waals surface area contributed by atoms with E-state index in [2.05, 4.69) is 0 Å². The van der Waals surface area contributed by atoms with Gasteiger partial charge in [0.2, 0.25) is 0 Å². The molecule has 1 amide bonds. The first kappa shape index (κ1) is 13.0. The molecule has 1 aliphatic heterocycles. The molecule has 98 valence electrons. The number of carbonyl (C=O) groups is 1. The van der Waals surface area contributed by atoms with E-state index in [-0.39, 0.29) is 23.6 Å². The van der Waals surface area contributed by atoms with Crippen molar-refractivity contribution in [3.8, 4) is 0 Å². The maximum absolute atomic E-state index is 13.6. The Labute approximate surface area is 107 Å². The number of rotatable bonds is 2. The molecule has 1 aromatic carbocycles. The molecule has 0 saturated carbocycles. The molecule has 0 spiro atoms. The number of likely N-dealkylation sites (tertiary alicyclic amines) is 1. The number of amides is 1. The van der Waals surface area contributed by atoms with Crippen molar-refractivity contribution in [1.29, 1.82) is 0 Å². The molecule has 3 nitrogen and oxygen atoms in total. The van der Waals surface area contributed by atoms with E-state index >= 15 is 0 Å². The fraction of sp³-hybridized carbons (Fsp3) is 0.500. The molecule has 0 aliphatic carbocycles. The second-order valence-electron chi connectivity index (χ2n) is 4.90. The Morgan fingerprint density at radius 2 is 2.17 bits per heavy atom. The molecule has 1 aromatic rings. The summed E-state index contributed by atoms with van der Waals surface area (Å²) in [5.41, 5.74) is 6.07. The topological polar surface area (TPSA) is 46.3 Å². The van der Waals surface area contributed by atoms with Crippen LogP contribution in [0, 0.1) is 5.82 Å². The van der Waals surface area contributed by atoms with E-state index in [0.29, 0.717) is 6.54 Å². The molecule has 18 heavy (non-hydrogen) atoms. The van der Waals surface area contributed by atoms with Crippen LogP contribution in [-0.2, 0) is 0 Å². The highest BCUT2D eigenvalue weighted by Crippen LogP contribution is 2.22. The first-order valence-corrected chi connectivity index (χ1v) is 6.42. The third-order valence-electron chi connectivity index (χ3n) is 3.52. The van der Waals surface area contributed by atoms with Crippen LogP contribution in [0.4, 0.5) is 4.39 Å². The predicted octanol–water partition coefficient (Wildman–Crippen LogP) is 2.17. The van der Waals surface area contributed by atoms with Gasteiger partial charge in [0, 0.05) is 18.6 Å². The lowest BCUT2D eigenvalue weighted by Crippen LogP contribution is -2.51. The van der Waals surface area contributed by atoms with Gasteiger partial charge in [-0.2, -0.15) is 0 Å². The lowest BCUT2D eigenvalue weighted by Gasteiger charge is -2.38. The molecule has 2 atom stereocenters. The van der Waals surface area contributed by atoms with Gasteiger partial charge in [-0.1, -0.05) is 12.1 Å². The maximum atomic E-state index is 13.6. The van der Waals surface area contributed by atoms with Crippen LogP contribution < -0.4 is 5.73 Å². The van der Waals surface area contributed by atoms with Gasteiger partial charge in [-0.3, -0.25) is 4.79 Å². The SMILES string of the molecule is CC(N)C1CCCCN1C(=O)c1ccccc1F. The minimum Gasteiger partial charge on any atom is -0.334 e. The highest BCUT2D eigenvalue weighted by molar-refractivity contribution is 5.94. The molecular weight excluding hydrogens is 231 g/mol. The van der Waals surface area contributed by atoms with Gasteiger partial charge in [0.1, 0.15) is 5.82 Å². The Morgan fingerprint density at radius 3 is 2.83 bits per heavy atom. The van der Waals surface area contributed by atoms with Gasteiger partial charge in [-0.15, -0.1) is 0 Å². The molecule has 2 N–H and O–H groups in total. The second-order valence-corrected chi connectivity index (χ2v) is 4.90. The Hall–Kier alpha value is -1.42. The largest absolute Gasteiger partial charge is 0.334 e. The fourth-order valence-electron chi connectivity index (χ4n) is 2.55. The van der Waals surface area contributed by atoms with Gasteiger partial charge < -0.3 is 10.6 Å². The van der Waals surface area contributed by atoms with Crippen LogP contribution in [0.25, 0.3) is 0 Å². The molecule has 0 bridgehead atoms. The van der Waals surface area contributed by atoms with E-state index in [9.17, 15) is 9.18 Å². The molecule has 0 radical (unpaired) electrons. The molecule has 2 unspecified atom stereocenters. The standard InChI is InChI=1S/C14H19FN2O/c1-10(16)13-8-4-5-9-17(13)14(18)11-6-2-3-7-12(11)15/h2-3,6-7,10,13H,4-5,8-9,16H2,1H3. The summed E-state index contributed by atoms with van der Waals surface area (Å²) >= 11 is 0. The zero-order valence-corrected chi connectivity index (χ0v) is 10.6. The lowest BCUT2D eigenvalue weighted by molar-refractivity contribution is 0.0579. The van der Waals surface area contributed by atoms with Gasteiger partial charge >= 0.3 is 0 Å². The Balaban J connectivity index is 2.24. The third-order valence-corrected chi connectivity index (χ3v) is 3.52. The predicted molar refractivity (Wildman–Crippen MR) is 68.7 cm³/mol. The number of carbonyl (C=O) groups excluding carboxylic acids is 1. The van der Waals surface area contributed by atoms with E-state index < -0.39 is 5.82 Å². The summed E-state index contributed by atoms with van der Waals surface area (Å²) in [4.78, 5) is 14.1. The summed E-state index contributed by atoms with van der Waals surface area (Å²) < 4.78 is 13.6. The average Bonchev–Trinajstić information content (AvgIpc) is 2.38. The number of halogens is 1. The fourth-order valence-corrected chi connectivity index (χ4v) is 2.55. The quantitative estimate of drug-likeness (QED) is 0.874. The summed E-state index contributed by atoms with van der Waals surface area (Å²) in [5, 5.41) is 0. The highest BCUT2D eigenvalue weighted by Gasteiger charge is 2.30. The summed E-state index contributed by atoms with van der Waals surface area (Å²) in [6, 6.07) is 6.06. The number of hydrogen-bond donors (Lipinski definition) is 1.